The van der Waals surface area contributed by atoms with E-state index in [0.717, 1.165) is 0 Å². The molecule has 0 spiro atoms. The maximum Gasteiger partial charge on any atom is 0.388 e. The van der Waals surface area contributed by atoms with Gasteiger partial charge in [-0.2, -0.15) is 0 Å². The van der Waals surface area contributed by atoms with Crippen LogP contribution in [0.4, 0.5) is 0 Å². The highest BCUT2D eigenvalue weighted by atomic mass is 31.2. The number of hydrogen-bond donors (Lipinski definition) is 0. The lowest BCUT2D eigenvalue weighted by atomic mass is 10.1. The van der Waals surface area contributed by atoms with E-state index in [2.05, 4.69) is 0 Å². The van der Waals surface area contributed by atoms with Crippen molar-refractivity contribution in [3.8, 4) is 0 Å². The molecule has 1 fully saturated rings. The number of rotatable bonds is 5. The van der Waals surface area contributed by atoms with Crippen LogP contribution in [0.5, 0.6) is 0 Å². The second-order valence-corrected chi connectivity index (χ2v) is 6.91. The fraction of sp³-hybridized carbons (Fsp3) is 0.500. The average molecular weight is 311 g/mol. The third kappa shape index (κ3) is 1.83. The second kappa shape index (κ2) is 5.21. The molecular formula is C14H18NO5P. The minimum absolute atomic E-state index is 0.192. The summed E-state index contributed by atoms with van der Waals surface area (Å²) in [5, 5.41) is 0. The smallest absolute Gasteiger partial charge is 0.339 e. The highest BCUT2D eigenvalue weighted by molar-refractivity contribution is 7.55. The highest BCUT2D eigenvalue weighted by Gasteiger charge is 2.66. The molecule has 0 aliphatic carbocycles. The van der Waals surface area contributed by atoms with Crippen molar-refractivity contribution >= 4 is 13.5 Å². The molecule has 114 valence electrons. The Hall–Kier alpha value is -1.20. The van der Waals surface area contributed by atoms with E-state index < -0.39 is 13.1 Å². The van der Waals surface area contributed by atoms with Gasteiger partial charge in [-0.1, -0.05) is 18.2 Å². The normalized spacial score (nSPS) is 24.3. The van der Waals surface area contributed by atoms with Crippen LogP contribution in [0.2, 0.25) is 0 Å². The molecule has 1 amide bonds. The van der Waals surface area contributed by atoms with Crippen molar-refractivity contribution in [3.63, 3.8) is 0 Å². The maximum absolute atomic E-state index is 13.4. The van der Waals surface area contributed by atoms with Crippen LogP contribution in [0.1, 0.15) is 29.8 Å². The van der Waals surface area contributed by atoms with Gasteiger partial charge in [0.2, 0.25) is 0 Å². The predicted molar refractivity (Wildman–Crippen MR) is 76.0 cm³/mol. The lowest BCUT2D eigenvalue weighted by Gasteiger charge is -2.36. The minimum atomic E-state index is -3.68. The van der Waals surface area contributed by atoms with Crippen LogP contribution in [-0.2, 0) is 23.8 Å². The summed E-state index contributed by atoms with van der Waals surface area (Å²) in [7, 11) is -3.68. The Morgan fingerprint density at radius 1 is 1.29 bits per heavy atom. The number of ether oxygens (including phenoxy) is 1. The molecule has 3 rings (SSSR count). The van der Waals surface area contributed by atoms with E-state index in [4.69, 9.17) is 13.8 Å². The Morgan fingerprint density at radius 3 is 2.62 bits per heavy atom. The molecule has 0 N–H and O–H groups in total. The van der Waals surface area contributed by atoms with Crippen molar-refractivity contribution in [1.29, 1.82) is 0 Å². The molecule has 2 aliphatic rings. The van der Waals surface area contributed by atoms with E-state index in [1.54, 1.807) is 38.1 Å². The standard InChI is InChI=1S/C14H18NO5P/c1-3-19-21(17,20-4-2)14-12-8-6-5-7-11(12)13(16)15(14)9-10-18-14/h5-8H,3-4,9-10H2,1-2H3. The summed E-state index contributed by atoms with van der Waals surface area (Å²) in [6.07, 6.45) is 0. The Kier molecular flexibility index (Phi) is 3.66. The number of carbonyl (C=O) groups is 1. The summed E-state index contributed by atoms with van der Waals surface area (Å²) in [4.78, 5) is 14.0. The van der Waals surface area contributed by atoms with E-state index in [1.807, 2.05) is 0 Å². The van der Waals surface area contributed by atoms with Gasteiger partial charge >= 0.3 is 7.60 Å². The number of nitrogens with zero attached hydrogens (tertiary/aromatic N) is 1. The minimum Gasteiger partial charge on any atom is -0.339 e. The summed E-state index contributed by atoms with van der Waals surface area (Å²) in [6.45, 7) is 4.59. The van der Waals surface area contributed by atoms with Crippen molar-refractivity contribution in [2.45, 2.75) is 19.3 Å². The largest absolute Gasteiger partial charge is 0.388 e. The molecule has 21 heavy (non-hydrogen) atoms. The first kappa shape index (κ1) is 14.7. The summed E-state index contributed by atoms with van der Waals surface area (Å²) >= 11 is 0. The molecule has 0 saturated carbocycles. The first-order chi connectivity index (χ1) is 10.1. The molecule has 1 aromatic carbocycles. The van der Waals surface area contributed by atoms with Gasteiger partial charge in [0.15, 0.2) is 0 Å². The zero-order chi connectivity index (χ0) is 15.1. The van der Waals surface area contributed by atoms with Crippen LogP contribution in [0, 0.1) is 0 Å². The van der Waals surface area contributed by atoms with Crippen LogP contribution in [-0.4, -0.2) is 37.2 Å². The summed E-state index contributed by atoms with van der Waals surface area (Å²) < 4.78 is 30.1. The second-order valence-electron chi connectivity index (χ2n) is 4.79. The summed E-state index contributed by atoms with van der Waals surface area (Å²) in [6, 6.07) is 7.03. The molecule has 1 aromatic rings. The van der Waals surface area contributed by atoms with Crippen molar-refractivity contribution < 1.29 is 23.1 Å². The molecule has 1 saturated heterocycles. The van der Waals surface area contributed by atoms with Crippen molar-refractivity contribution in [2.75, 3.05) is 26.4 Å². The van der Waals surface area contributed by atoms with E-state index in [9.17, 15) is 9.36 Å². The molecule has 6 nitrogen and oxygen atoms in total. The van der Waals surface area contributed by atoms with E-state index >= 15 is 0 Å². The van der Waals surface area contributed by atoms with Crippen molar-refractivity contribution in [1.82, 2.24) is 4.90 Å². The quantitative estimate of drug-likeness (QED) is 0.782. The number of carbonyl (C=O) groups excluding carboxylic acids is 1. The topological polar surface area (TPSA) is 65.1 Å². The molecule has 0 radical (unpaired) electrons. The Labute approximate surface area is 123 Å². The Bertz CT molecular complexity index is 609. The zero-order valence-electron chi connectivity index (χ0n) is 12.1. The number of fused-ring (bicyclic) bond motifs is 3. The zero-order valence-corrected chi connectivity index (χ0v) is 13.0. The van der Waals surface area contributed by atoms with Crippen LogP contribution in [0.15, 0.2) is 24.3 Å². The van der Waals surface area contributed by atoms with Crippen molar-refractivity contribution in [3.05, 3.63) is 35.4 Å². The van der Waals surface area contributed by atoms with Crippen molar-refractivity contribution in [2.24, 2.45) is 0 Å². The SMILES string of the molecule is CCOP(=O)(OCC)C12OCCN1C(=O)c1ccccc12. The van der Waals surface area contributed by atoms with Gasteiger partial charge in [0.25, 0.3) is 11.4 Å². The van der Waals surface area contributed by atoms with Gasteiger partial charge in [0.1, 0.15) is 0 Å². The van der Waals surface area contributed by atoms with Crippen LogP contribution in [0.3, 0.4) is 0 Å². The highest BCUT2D eigenvalue weighted by Crippen LogP contribution is 2.70. The van der Waals surface area contributed by atoms with Gasteiger partial charge in [0, 0.05) is 17.7 Å². The first-order valence-electron chi connectivity index (χ1n) is 7.05. The summed E-state index contributed by atoms with van der Waals surface area (Å²) in [5.41, 5.74) is -0.373. The molecule has 2 aliphatic heterocycles. The van der Waals surface area contributed by atoms with Gasteiger partial charge < -0.3 is 13.8 Å². The van der Waals surface area contributed by atoms with Gasteiger partial charge in [-0.25, -0.2) is 0 Å². The molecular weight excluding hydrogens is 293 g/mol. The van der Waals surface area contributed by atoms with E-state index in [1.165, 1.54) is 4.90 Å². The maximum atomic E-state index is 13.4. The van der Waals surface area contributed by atoms with E-state index in [0.29, 0.717) is 24.3 Å². The lowest BCUT2D eigenvalue weighted by molar-refractivity contribution is -0.0251. The molecule has 0 aromatic heterocycles. The monoisotopic (exact) mass is 311 g/mol. The van der Waals surface area contributed by atoms with Gasteiger partial charge in [-0.3, -0.25) is 14.3 Å². The summed E-state index contributed by atoms with van der Waals surface area (Å²) in [5.74, 6) is -0.192. The lowest BCUT2D eigenvalue weighted by Crippen LogP contribution is -2.40. The Morgan fingerprint density at radius 2 is 1.95 bits per heavy atom. The molecule has 7 heteroatoms. The predicted octanol–water partition coefficient (Wildman–Crippen LogP) is 2.55. The fourth-order valence-corrected chi connectivity index (χ4v) is 5.33. The first-order valence-corrected chi connectivity index (χ1v) is 8.59. The average Bonchev–Trinajstić information content (AvgIpc) is 3.01. The Balaban J connectivity index is 2.21. The van der Waals surface area contributed by atoms with Gasteiger partial charge in [-0.15, -0.1) is 0 Å². The molecule has 1 unspecified atom stereocenters. The fourth-order valence-electron chi connectivity index (χ4n) is 3.00. The molecule has 2 heterocycles. The van der Waals surface area contributed by atoms with Crippen LogP contribution >= 0.6 is 7.60 Å². The van der Waals surface area contributed by atoms with Gasteiger partial charge in [-0.05, 0) is 19.9 Å². The third-order valence-electron chi connectivity index (χ3n) is 3.71. The van der Waals surface area contributed by atoms with Gasteiger partial charge in [0.05, 0.1) is 19.8 Å². The molecule has 0 bridgehead atoms. The van der Waals surface area contributed by atoms with Crippen LogP contribution in [0.25, 0.3) is 0 Å². The van der Waals surface area contributed by atoms with E-state index in [-0.39, 0.29) is 19.1 Å². The number of hydrogen-bond acceptors (Lipinski definition) is 5. The molecule has 1 atom stereocenters. The van der Waals surface area contributed by atoms with Crippen LogP contribution < -0.4 is 0 Å². The third-order valence-corrected chi connectivity index (χ3v) is 6.26. The number of benzene rings is 1. The number of amides is 1.